The zero-order chi connectivity index (χ0) is 28.9. The minimum atomic E-state index is -1.37. The highest BCUT2D eigenvalue weighted by Crippen LogP contribution is 2.27. The molecule has 3 rings (SSSR count). The minimum Gasteiger partial charge on any atom is -0.480 e. The molecule has 1 saturated heterocycles. The van der Waals surface area contributed by atoms with Crippen LogP contribution in [0.25, 0.3) is 0 Å². The largest absolute Gasteiger partial charge is 0.480 e. The average molecular weight is 546 g/mol. The molecule has 0 bridgehead atoms. The normalized spacial score (nSPS) is 26.8. The van der Waals surface area contributed by atoms with Crippen molar-refractivity contribution in [2.75, 3.05) is 13.2 Å². The van der Waals surface area contributed by atoms with E-state index in [1.54, 1.807) is 11.8 Å². The van der Waals surface area contributed by atoms with Crippen LogP contribution in [0.3, 0.4) is 0 Å². The monoisotopic (exact) mass is 545 g/mol. The van der Waals surface area contributed by atoms with Gasteiger partial charge in [-0.3, -0.25) is 19.2 Å². The number of amides is 4. The molecule has 0 aromatic rings. The van der Waals surface area contributed by atoms with Crippen molar-refractivity contribution in [3.63, 3.8) is 0 Å². The van der Waals surface area contributed by atoms with Gasteiger partial charge in [0.15, 0.2) is 0 Å². The van der Waals surface area contributed by atoms with E-state index in [0.29, 0.717) is 18.9 Å². The van der Waals surface area contributed by atoms with Gasteiger partial charge in [0.25, 0.3) is 0 Å². The van der Waals surface area contributed by atoms with Gasteiger partial charge in [0, 0.05) is 12.6 Å². The molecular weight excluding hydrogens is 498 g/mol. The number of ether oxygens (including phenoxy) is 1. The summed E-state index contributed by atoms with van der Waals surface area (Å²) in [5.74, 6) is -1.08. The number of hydrogen-bond donors (Lipinski definition) is 3. The van der Waals surface area contributed by atoms with Crippen LogP contribution in [-0.2, 0) is 23.9 Å². The topological polar surface area (TPSA) is 129 Å². The zero-order valence-electron chi connectivity index (χ0n) is 24.5. The molecule has 3 N–H and O–H groups in total. The molecule has 2 aliphatic heterocycles. The van der Waals surface area contributed by atoms with E-state index in [4.69, 9.17) is 4.74 Å². The Labute approximate surface area is 232 Å². The van der Waals surface area contributed by atoms with Gasteiger partial charge in [0.05, 0.1) is 13.0 Å². The fourth-order valence-corrected chi connectivity index (χ4v) is 5.60. The summed E-state index contributed by atoms with van der Waals surface area (Å²) >= 11 is 0. The molecule has 0 unspecified atom stereocenters. The number of rotatable bonds is 9. The predicted octanol–water partition coefficient (Wildman–Crippen LogP) is 2.47. The van der Waals surface area contributed by atoms with E-state index in [9.17, 15) is 19.2 Å². The molecule has 10 heteroatoms. The van der Waals surface area contributed by atoms with Crippen LogP contribution in [0, 0.1) is 11.8 Å². The average Bonchev–Trinajstić information content (AvgIpc) is 3.26. The van der Waals surface area contributed by atoms with Gasteiger partial charge in [-0.05, 0) is 44.9 Å². The van der Waals surface area contributed by atoms with Crippen LogP contribution in [-0.4, -0.2) is 77.3 Å². The van der Waals surface area contributed by atoms with Crippen molar-refractivity contribution < 1.29 is 23.9 Å². The molecule has 4 atom stereocenters. The summed E-state index contributed by atoms with van der Waals surface area (Å²) in [4.78, 5) is 59.3. The molecule has 39 heavy (non-hydrogen) atoms. The molecule has 10 nitrogen and oxygen atoms in total. The first-order chi connectivity index (χ1) is 18.4. The fraction of sp³-hybridized carbons (Fsp3) is 0.759. The van der Waals surface area contributed by atoms with Crippen LogP contribution in [0.5, 0.6) is 0 Å². The van der Waals surface area contributed by atoms with E-state index in [1.165, 1.54) is 6.42 Å². The van der Waals surface area contributed by atoms with Gasteiger partial charge in [-0.1, -0.05) is 59.1 Å². The molecule has 1 saturated carbocycles. The first kappa shape index (κ1) is 30.6. The summed E-state index contributed by atoms with van der Waals surface area (Å²) in [5.41, 5.74) is -0.556. The van der Waals surface area contributed by atoms with Crippen molar-refractivity contribution in [3.05, 3.63) is 12.2 Å². The summed E-state index contributed by atoms with van der Waals surface area (Å²) in [7, 11) is 0. The Hall–Kier alpha value is -2.91. The summed E-state index contributed by atoms with van der Waals surface area (Å²) in [6.07, 6.45) is 5.45. The van der Waals surface area contributed by atoms with Gasteiger partial charge in [-0.25, -0.2) is 4.99 Å². The van der Waals surface area contributed by atoms with Gasteiger partial charge in [0.1, 0.15) is 23.7 Å². The van der Waals surface area contributed by atoms with Crippen molar-refractivity contribution in [2.45, 2.75) is 116 Å². The van der Waals surface area contributed by atoms with E-state index >= 15 is 0 Å². The van der Waals surface area contributed by atoms with Crippen molar-refractivity contribution in [1.29, 1.82) is 0 Å². The Morgan fingerprint density at radius 2 is 1.85 bits per heavy atom. The van der Waals surface area contributed by atoms with Gasteiger partial charge in [0.2, 0.25) is 29.5 Å². The van der Waals surface area contributed by atoms with E-state index < -0.39 is 23.5 Å². The SMILES string of the molecule is C=C1C[C@H](C(=O)NC2CCCCC2)N(C(=O)[C@@H](NC(=O)C[C@@]2(C)N=C(OCC)[C@H](C(C)C)NC2=O)C(C)C)C1. The Kier molecular flexibility index (Phi) is 10.2. The lowest BCUT2D eigenvalue weighted by Gasteiger charge is -2.36. The minimum absolute atomic E-state index is 0.0686. The molecule has 0 aromatic heterocycles. The highest BCUT2D eigenvalue weighted by molar-refractivity contribution is 6.01. The second-order valence-corrected chi connectivity index (χ2v) is 12.1. The van der Waals surface area contributed by atoms with E-state index in [0.717, 1.165) is 31.3 Å². The van der Waals surface area contributed by atoms with Crippen molar-refractivity contribution in [3.8, 4) is 0 Å². The maximum absolute atomic E-state index is 13.7. The van der Waals surface area contributed by atoms with Gasteiger partial charge in [-0.2, -0.15) is 0 Å². The Morgan fingerprint density at radius 1 is 1.18 bits per heavy atom. The number of nitrogens with one attached hydrogen (secondary N) is 3. The third kappa shape index (κ3) is 7.39. The summed E-state index contributed by atoms with van der Waals surface area (Å²) in [5, 5.41) is 8.92. The Balaban J connectivity index is 1.72. The maximum Gasteiger partial charge on any atom is 0.248 e. The predicted molar refractivity (Wildman–Crippen MR) is 150 cm³/mol. The lowest BCUT2D eigenvalue weighted by Crippen LogP contribution is -2.60. The van der Waals surface area contributed by atoms with Crippen molar-refractivity contribution >= 4 is 29.5 Å². The molecule has 0 aromatic carbocycles. The Bertz CT molecular complexity index is 987. The van der Waals surface area contributed by atoms with E-state index in [2.05, 4.69) is 27.5 Å². The van der Waals surface area contributed by atoms with Crippen LogP contribution >= 0.6 is 0 Å². The second kappa shape index (κ2) is 13.0. The molecule has 0 spiro atoms. The highest BCUT2D eigenvalue weighted by Gasteiger charge is 2.45. The van der Waals surface area contributed by atoms with E-state index in [-0.39, 0.29) is 54.6 Å². The number of carbonyl (C=O) groups excluding carboxylic acids is 4. The summed E-state index contributed by atoms with van der Waals surface area (Å²) in [6, 6.07) is -1.73. The fourth-order valence-electron chi connectivity index (χ4n) is 5.60. The molecule has 2 heterocycles. The summed E-state index contributed by atoms with van der Waals surface area (Å²) in [6.45, 7) is 15.8. The van der Waals surface area contributed by atoms with E-state index in [1.807, 2.05) is 34.6 Å². The number of likely N-dealkylation sites (tertiary alicyclic amines) is 1. The van der Waals surface area contributed by atoms with Gasteiger partial charge >= 0.3 is 0 Å². The second-order valence-electron chi connectivity index (χ2n) is 12.1. The number of carbonyl (C=O) groups is 4. The molecule has 2 fully saturated rings. The number of nitrogens with zero attached hydrogens (tertiary/aromatic N) is 2. The van der Waals surface area contributed by atoms with Crippen LogP contribution in [0.15, 0.2) is 17.1 Å². The quantitative estimate of drug-likeness (QED) is 0.384. The molecule has 4 amide bonds. The number of aliphatic imine (C=N–C) groups is 1. The summed E-state index contributed by atoms with van der Waals surface area (Å²) < 4.78 is 5.70. The molecule has 0 radical (unpaired) electrons. The third-order valence-corrected chi connectivity index (χ3v) is 7.90. The molecule has 1 aliphatic carbocycles. The molecule has 218 valence electrons. The molecule has 3 aliphatic rings. The van der Waals surface area contributed by atoms with Gasteiger partial charge in [-0.15, -0.1) is 0 Å². The lowest BCUT2D eigenvalue weighted by molar-refractivity contribution is -0.143. The maximum atomic E-state index is 13.7. The smallest absolute Gasteiger partial charge is 0.248 e. The number of hydrogen-bond acceptors (Lipinski definition) is 6. The molecular formula is C29H47N5O5. The highest BCUT2D eigenvalue weighted by atomic mass is 16.5. The first-order valence-corrected chi connectivity index (χ1v) is 14.5. The van der Waals surface area contributed by atoms with Crippen LogP contribution in [0.4, 0.5) is 0 Å². The first-order valence-electron chi connectivity index (χ1n) is 14.5. The van der Waals surface area contributed by atoms with Crippen molar-refractivity contribution in [1.82, 2.24) is 20.9 Å². The van der Waals surface area contributed by atoms with Gasteiger partial charge < -0.3 is 25.6 Å². The lowest BCUT2D eigenvalue weighted by atomic mass is 9.91. The standard InChI is InChI=1S/C29H47N5O5/c1-8-39-26-23(17(2)3)32-28(38)29(7,33-26)15-22(35)31-24(18(4)5)27(37)34-16-19(6)14-21(34)25(36)30-20-12-10-9-11-13-20/h17-18,20-21,23-24H,6,8-16H2,1-5,7H3,(H,30,36)(H,31,35)(H,32,38)/t21-,23+,24+,29-/m1/s1. The van der Waals surface area contributed by atoms with Crippen LogP contribution in [0.1, 0.15) is 86.5 Å². The van der Waals surface area contributed by atoms with Crippen molar-refractivity contribution in [2.24, 2.45) is 16.8 Å². The zero-order valence-corrected chi connectivity index (χ0v) is 24.5. The third-order valence-electron chi connectivity index (χ3n) is 7.90. The Morgan fingerprint density at radius 3 is 2.44 bits per heavy atom. The van der Waals surface area contributed by atoms with Crippen LogP contribution < -0.4 is 16.0 Å². The van der Waals surface area contributed by atoms with Crippen LogP contribution in [0.2, 0.25) is 0 Å².